The van der Waals surface area contributed by atoms with E-state index in [4.69, 9.17) is 5.11 Å². The van der Waals surface area contributed by atoms with Crippen molar-refractivity contribution in [3.8, 4) is 0 Å². The number of piperazine rings is 1. The summed E-state index contributed by atoms with van der Waals surface area (Å²) in [6, 6.07) is -0.880. The Labute approximate surface area is 118 Å². The molecule has 0 bridgehead atoms. The highest BCUT2D eigenvalue weighted by atomic mass is 32.1. The first-order valence-electron chi connectivity index (χ1n) is 5.96. The maximum absolute atomic E-state index is 12.0. The summed E-state index contributed by atoms with van der Waals surface area (Å²) in [7, 11) is 0. The van der Waals surface area contributed by atoms with E-state index in [0.717, 1.165) is 0 Å². The van der Waals surface area contributed by atoms with Crippen LogP contribution >= 0.6 is 11.3 Å². The van der Waals surface area contributed by atoms with E-state index in [1.807, 2.05) is 0 Å². The van der Waals surface area contributed by atoms with Crippen LogP contribution < -0.4 is 16.0 Å². The normalized spacial score (nSPS) is 20.1. The largest absolute Gasteiger partial charge is 0.476 e. The molecule has 0 radical (unpaired) electrons. The van der Waals surface area contributed by atoms with Gasteiger partial charge in [0.2, 0.25) is 11.8 Å². The Morgan fingerprint density at radius 3 is 2.90 bits per heavy atom. The number of carbonyl (C=O) groups excluding carboxylic acids is 2. The van der Waals surface area contributed by atoms with Gasteiger partial charge in [-0.1, -0.05) is 0 Å². The molecule has 0 saturated carbocycles. The fraction of sp³-hybridized carbons (Fsp3) is 0.455. The number of nitrogens with one attached hydrogen (secondary N) is 3. The van der Waals surface area contributed by atoms with Crippen LogP contribution in [0.1, 0.15) is 28.5 Å². The average Bonchev–Trinajstić information content (AvgIpc) is 2.89. The molecule has 9 heteroatoms. The molecule has 108 valence electrons. The van der Waals surface area contributed by atoms with Gasteiger partial charge in [-0.2, -0.15) is 0 Å². The summed E-state index contributed by atoms with van der Waals surface area (Å²) in [6.07, 6.45) is 0. The minimum absolute atomic E-state index is 0.0332. The molecule has 1 aliphatic heterocycles. The summed E-state index contributed by atoms with van der Waals surface area (Å²) < 4.78 is 0. The fourth-order valence-corrected chi connectivity index (χ4v) is 2.51. The Balaban J connectivity index is 1.93. The standard InChI is InChI=1S/C11H14N4O4S/c1-5(10-15-7(4-20-10)11(18)19)14-9(17)6-2-13-8(16)3-12-6/h4-6,12H,2-3H2,1H3,(H,13,16)(H,14,17)(H,18,19). The summed E-state index contributed by atoms with van der Waals surface area (Å²) >= 11 is 1.18. The number of carbonyl (C=O) groups is 3. The van der Waals surface area contributed by atoms with Gasteiger partial charge in [0, 0.05) is 11.9 Å². The summed E-state index contributed by atoms with van der Waals surface area (Å²) in [5, 5.41) is 18.9. The van der Waals surface area contributed by atoms with Crippen molar-refractivity contribution in [3.63, 3.8) is 0 Å². The van der Waals surface area contributed by atoms with Crippen LogP contribution in [0.2, 0.25) is 0 Å². The summed E-state index contributed by atoms with van der Waals surface area (Å²) in [6.45, 7) is 2.06. The minimum atomic E-state index is -1.09. The van der Waals surface area contributed by atoms with Crippen LogP contribution in [-0.2, 0) is 9.59 Å². The van der Waals surface area contributed by atoms with E-state index in [2.05, 4.69) is 20.9 Å². The van der Waals surface area contributed by atoms with Crippen LogP contribution in [0.25, 0.3) is 0 Å². The topological polar surface area (TPSA) is 120 Å². The maximum Gasteiger partial charge on any atom is 0.355 e. The minimum Gasteiger partial charge on any atom is -0.476 e. The van der Waals surface area contributed by atoms with Crippen LogP contribution in [0.15, 0.2) is 5.38 Å². The zero-order chi connectivity index (χ0) is 14.7. The third kappa shape index (κ3) is 3.31. The van der Waals surface area contributed by atoms with Gasteiger partial charge in [-0.25, -0.2) is 9.78 Å². The van der Waals surface area contributed by atoms with E-state index < -0.39 is 12.0 Å². The lowest BCUT2D eigenvalue weighted by atomic mass is 10.2. The number of amides is 2. The van der Waals surface area contributed by atoms with Crippen molar-refractivity contribution in [3.05, 3.63) is 16.1 Å². The van der Waals surface area contributed by atoms with E-state index in [0.29, 0.717) is 5.01 Å². The van der Waals surface area contributed by atoms with Gasteiger partial charge in [0.15, 0.2) is 5.69 Å². The number of hydrogen-bond donors (Lipinski definition) is 4. The van der Waals surface area contributed by atoms with Gasteiger partial charge in [-0.15, -0.1) is 11.3 Å². The maximum atomic E-state index is 12.0. The lowest BCUT2D eigenvalue weighted by Gasteiger charge is -2.24. The molecule has 2 rings (SSSR count). The van der Waals surface area contributed by atoms with E-state index in [-0.39, 0.29) is 36.6 Å². The molecule has 0 spiro atoms. The van der Waals surface area contributed by atoms with Gasteiger partial charge in [0.25, 0.3) is 0 Å². The van der Waals surface area contributed by atoms with Crippen molar-refractivity contribution in [1.29, 1.82) is 0 Å². The first kappa shape index (κ1) is 14.4. The fourth-order valence-electron chi connectivity index (χ4n) is 1.71. The van der Waals surface area contributed by atoms with Gasteiger partial charge in [0.1, 0.15) is 11.0 Å². The molecule has 0 aromatic carbocycles. The molecule has 0 aliphatic carbocycles. The Hall–Kier alpha value is -2.00. The molecule has 2 atom stereocenters. The molecule has 2 amide bonds. The van der Waals surface area contributed by atoms with Crippen LogP contribution in [0, 0.1) is 0 Å². The Bertz CT molecular complexity index is 534. The molecule has 1 aliphatic rings. The van der Waals surface area contributed by atoms with Crippen molar-refractivity contribution < 1.29 is 19.5 Å². The van der Waals surface area contributed by atoms with Gasteiger partial charge in [-0.05, 0) is 6.92 Å². The number of nitrogens with zero attached hydrogens (tertiary/aromatic N) is 1. The number of thiazole rings is 1. The second-order valence-corrected chi connectivity index (χ2v) is 5.23. The number of carboxylic acids is 1. The predicted molar refractivity (Wildman–Crippen MR) is 70.4 cm³/mol. The molecule has 1 saturated heterocycles. The smallest absolute Gasteiger partial charge is 0.355 e. The molecule has 2 heterocycles. The highest BCUT2D eigenvalue weighted by molar-refractivity contribution is 7.09. The average molecular weight is 298 g/mol. The van der Waals surface area contributed by atoms with Crippen LogP contribution in [0.3, 0.4) is 0 Å². The number of aromatic carboxylic acids is 1. The molecule has 1 fully saturated rings. The summed E-state index contributed by atoms with van der Waals surface area (Å²) in [4.78, 5) is 37.6. The zero-order valence-corrected chi connectivity index (χ0v) is 11.5. The molecule has 20 heavy (non-hydrogen) atoms. The Morgan fingerprint density at radius 2 is 2.35 bits per heavy atom. The molecular weight excluding hydrogens is 284 g/mol. The van der Waals surface area contributed by atoms with Gasteiger partial charge >= 0.3 is 5.97 Å². The molecule has 4 N–H and O–H groups in total. The summed E-state index contributed by atoms with van der Waals surface area (Å²) in [5.41, 5.74) is -0.0332. The lowest BCUT2D eigenvalue weighted by molar-refractivity contribution is -0.127. The van der Waals surface area contributed by atoms with Crippen molar-refractivity contribution in [2.24, 2.45) is 0 Å². The summed E-state index contributed by atoms with van der Waals surface area (Å²) in [5.74, 6) is -1.50. The highest BCUT2D eigenvalue weighted by Crippen LogP contribution is 2.18. The van der Waals surface area contributed by atoms with E-state index in [1.165, 1.54) is 16.7 Å². The number of carboxylic acid groups (broad SMARTS) is 1. The second kappa shape index (κ2) is 5.97. The van der Waals surface area contributed by atoms with E-state index >= 15 is 0 Å². The monoisotopic (exact) mass is 298 g/mol. The number of hydrogen-bond acceptors (Lipinski definition) is 6. The predicted octanol–water partition coefficient (Wildman–Crippen LogP) is -0.893. The molecular formula is C11H14N4O4S. The SMILES string of the molecule is CC(NC(=O)C1CNC(=O)CN1)c1nc(C(=O)O)cs1. The number of aromatic nitrogens is 1. The molecule has 1 aromatic heterocycles. The van der Waals surface area contributed by atoms with Crippen molar-refractivity contribution in [1.82, 2.24) is 20.9 Å². The third-order valence-electron chi connectivity index (χ3n) is 2.80. The van der Waals surface area contributed by atoms with Crippen LogP contribution in [0.4, 0.5) is 0 Å². The first-order chi connectivity index (χ1) is 9.47. The van der Waals surface area contributed by atoms with E-state index in [1.54, 1.807) is 6.92 Å². The first-order valence-corrected chi connectivity index (χ1v) is 6.84. The van der Waals surface area contributed by atoms with Gasteiger partial charge in [-0.3, -0.25) is 14.9 Å². The highest BCUT2D eigenvalue weighted by Gasteiger charge is 2.25. The van der Waals surface area contributed by atoms with Gasteiger partial charge < -0.3 is 15.7 Å². The van der Waals surface area contributed by atoms with Crippen molar-refractivity contribution >= 4 is 29.1 Å². The Morgan fingerprint density at radius 1 is 1.60 bits per heavy atom. The Kier molecular flexibility index (Phi) is 4.30. The quantitative estimate of drug-likeness (QED) is 0.572. The number of rotatable bonds is 4. The van der Waals surface area contributed by atoms with Crippen LogP contribution in [0.5, 0.6) is 0 Å². The third-order valence-corrected chi connectivity index (χ3v) is 3.83. The molecule has 2 unspecified atom stereocenters. The van der Waals surface area contributed by atoms with Crippen LogP contribution in [-0.4, -0.2) is 47.0 Å². The van der Waals surface area contributed by atoms with E-state index in [9.17, 15) is 14.4 Å². The molecule has 1 aromatic rings. The second-order valence-electron chi connectivity index (χ2n) is 4.34. The van der Waals surface area contributed by atoms with Crippen molar-refractivity contribution in [2.75, 3.05) is 13.1 Å². The van der Waals surface area contributed by atoms with Crippen molar-refractivity contribution in [2.45, 2.75) is 19.0 Å². The lowest BCUT2D eigenvalue weighted by Crippen LogP contribution is -2.58. The zero-order valence-electron chi connectivity index (χ0n) is 10.7. The van der Waals surface area contributed by atoms with Gasteiger partial charge in [0.05, 0.1) is 12.6 Å². The molecule has 8 nitrogen and oxygen atoms in total.